The molecular formula is C9H9NO. The zero-order valence-electron chi connectivity index (χ0n) is 6.10. The lowest BCUT2D eigenvalue weighted by Gasteiger charge is -2.37. The highest BCUT2D eigenvalue weighted by Crippen LogP contribution is 2.26. The molecule has 0 amide bonds. The first kappa shape index (κ1) is 6.58. The van der Waals surface area contributed by atoms with Crippen LogP contribution in [0.3, 0.4) is 0 Å². The average Bonchev–Trinajstić information content (AvgIpc) is 2.03. The van der Waals surface area contributed by atoms with Crippen molar-refractivity contribution < 1.29 is 4.65 Å². The zero-order chi connectivity index (χ0) is 7.73. The highest BCUT2D eigenvalue weighted by atomic mass is 16.5. The van der Waals surface area contributed by atoms with Crippen molar-refractivity contribution in [2.24, 2.45) is 0 Å². The molecule has 0 aliphatic carbocycles. The van der Waals surface area contributed by atoms with Crippen LogP contribution in [0.4, 0.5) is 0 Å². The lowest BCUT2D eigenvalue weighted by Crippen LogP contribution is -2.30. The van der Waals surface area contributed by atoms with Gasteiger partial charge in [-0.15, -0.1) is 0 Å². The third kappa shape index (κ3) is 0.964. The van der Waals surface area contributed by atoms with Crippen molar-refractivity contribution in [1.29, 1.82) is 0 Å². The number of quaternary nitrogens is 1. The van der Waals surface area contributed by atoms with Crippen LogP contribution in [-0.4, -0.2) is 4.65 Å². The molecule has 0 bridgehead atoms. The second-order valence-corrected chi connectivity index (χ2v) is 2.66. The largest absolute Gasteiger partial charge is 0.617 e. The molecule has 0 aromatic carbocycles. The molecule has 0 radical (unpaired) electrons. The fraction of sp³-hybridized carbons (Fsp3) is 0.111. The van der Waals surface area contributed by atoms with Gasteiger partial charge in [0.05, 0.1) is 0 Å². The van der Waals surface area contributed by atoms with E-state index in [0.717, 1.165) is 12.1 Å². The lowest BCUT2D eigenvalue weighted by molar-refractivity contribution is -0.729. The van der Waals surface area contributed by atoms with Crippen LogP contribution in [0.15, 0.2) is 48.5 Å². The number of fused-ring (bicyclic) bond motifs is 1. The predicted octanol–water partition coefficient (Wildman–Crippen LogP) is 2.19. The van der Waals surface area contributed by atoms with Crippen molar-refractivity contribution >= 4 is 0 Å². The van der Waals surface area contributed by atoms with Crippen LogP contribution in [0.25, 0.3) is 0 Å². The van der Waals surface area contributed by atoms with Crippen LogP contribution in [0.1, 0.15) is 6.42 Å². The number of hydrogen-bond acceptors (Lipinski definition) is 1. The topological polar surface area (TPSA) is 23.1 Å². The van der Waals surface area contributed by atoms with E-state index in [-0.39, 0.29) is 0 Å². The lowest BCUT2D eigenvalue weighted by atomic mass is 10.2. The van der Waals surface area contributed by atoms with Crippen LogP contribution in [0.2, 0.25) is 0 Å². The summed E-state index contributed by atoms with van der Waals surface area (Å²) in [5.74, 6) is 0. The molecule has 2 heteroatoms. The highest BCUT2D eigenvalue weighted by Gasteiger charge is 2.19. The molecule has 1 atom stereocenters. The maximum atomic E-state index is 11.7. The first-order valence-electron chi connectivity index (χ1n) is 3.65. The molecule has 0 aromatic rings. The second-order valence-electron chi connectivity index (χ2n) is 2.66. The van der Waals surface area contributed by atoms with Gasteiger partial charge < -0.3 is 5.21 Å². The van der Waals surface area contributed by atoms with Gasteiger partial charge in [0.25, 0.3) is 0 Å². The Kier molecular flexibility index (Phi) is 1.31. The number of rotatable bonds is 0. The van der Waals surface area contributed by atoms with Gasteiger partial charge in [-0.05, 0) is 24.6 Å². The summed E-state index contributed by atoms with van der Waals surface area (Å²) in [4.78, 5) is 0. The Morgan fingerprint density at radius 3 is 3.00 bits per heavy atom. The molecule has 11 heavy (non-hydrogen) atoms. The van der Waals surface area contributed by atoms with Crippen molar-refractivity contribution in [2.75, 3.05) is 0 Å². The summed E-state index contributed by atoms with van der Waals surface area (Å²) in [6.45, 7) is 0. The molecular weight excluding hydrogens is 138 g/mol. The summed E-state index contributed by atoms with van der Waals surface area (Å²) in [6, 6.07) is 0. The van der Waals surface area contributed by atoms with Gasteiger partial charge in [0.2, 0.25) is 0 Å². The smallest absolute Gasteiger partial charge is 0.138 e. The fourth-order valence-electron chi connectivity index (χ4n) is 1.29. The van der Waals surface area contributed by atoms with Crippen molar-refractivity contribution in [3.8, 4) is 0 Å². The van der Waals surface area contributed by atoms with Gasteiger partial charge >= 0.3 is 0 Å². The van der Waals surface area contributed by atoms with Crippen LogP contribution < -0.4 is 0 Å². The fourth-order valence-corrected chi connectivity index (χ4v) is 1.29. The Morgan fingerprint density at radius 1 is 1.27 bits per heavy atom. The Hall–Kier alpha value is -1.12. The highest BCUT2D eigenvalue weighted by molar-refractivity contribution is 5.25. The third-order valence-electron chi connectivity index (χ3n) is 1.88. The first-order chi connectivity index (χ1) is 5.31. The second kappa shape index (κ2) is 2.19. The maximum Gasteiger partial charge on any atom is 0.138 e. The summed E-state index contributed by atoms with van der Waals surface area (Å²) in [5.41, 5.74) is 0.815. The van der Waals surface area contributed by atoms with E-state index >= 15 is 0 Å². The van der Waals surface area contributed by atoms with Crippen LogP contribution in [0, 0.1) is 5.21 Å². The van der Waals surface area contributed by atoms with Crippen molar-refractivity contribution in [1.82, 2.24) is 0 Å². The Labute approximate surface area is 65.6 Å². The normalized spacial score (nSPS) is 33.4. The van der Waals surface area contributed by atoms with Gasteiger partial charge in [0.15, 0.2) is 0 Å². The SMILES string of the molecule is [O-][N+]12C=CC=CC1=CCC=C2. The molecule has 0 saturated carbocycles. The van der Waals surface area contributed by atoms with E-state index in [4.69, 9.17) is 0 Å². The van der Waals surface area contributed by atoms with Crippen LogP contribution in [-0.2, 0) is 0 Å². The molecule has 2 aliphatic heterocycles. The van der Waals surface area contributed by atoms with E-state index in [9.17, 15) is 5.21 Å². The van der Waals surface area contributed by atoms with Gasteiger partial charge in [0, 0.05) is 6.08 Å². The van der Waals surface area contributed by atoms with Crippen molar-refractivity contribution in [2.45, 2.75) is 6.42 Å². The molecule has 0 aromatic heterocycles. The van der Waals surface area contributed by atoms with E-state index in [0.29, 0.717) is 0 Å². The van der Waals surface area contributed by atoms with E-state index in [1.165, 1.54) is 0 Å². The Morgan fingerprint density at radius 2 is 2.18 bits per heavy atom. The minimum absolute atomic E-state index is 0.420. The molecule has 0 saturated heterocycles. The summed E-state index contributed by atoms with van der Waals surface area (Å²) < 4.78 is -0.420. The van der Waals surface area contributed by atoms with Crippen LogP contribution >= 0.6 is 0 Å². The summed E-state index contributed by atoms with van der Waals surface area (Å²) >= 11 is 0. The molecule has 56 valence electrons. The molecule has 0 fully saturated rings. The molecule has 1 unspecified atom stereocenters. The first-order valence-corrected chi connectivity index (χ1v) is 3.65. The van der Waals surface area contributed by atoms with E-state index in [2.05, 4.69) is 0 Å². The number of allylic oxidation sites excluding steroid dienone is 5. The maximum absolute atomic E-state index is 11.7. The van der Waals surface area contributed by atoms with E-state index in [1.807, 2.05) is 24.3 Å². The van der Waals surface area contributed by atoms with Gasteiger partial charge in [-0.2, -0.15) is 0 Å². The Bertz CT molecular complexity index is 286. The van der Waals surface area contributed by atoms with Crippen LogP contribution in [0.5, 0.6) is 0 Å². The summed E-state index contributed by atoms with van der Waals surface area (Å²) in [6.07, 6.45) is 13.5. The summed E-state index contributed by atoms with van der Waals surface area (Å²) in [5, 5.41) is 11.7. The molecule has 0 spiro atoms. The molecule has 0 N–H and O–H groups in total. The number of nitrogens with zero attached hydrogens (tertiary/aromatic N) is 1. The van der Waals surface area contributed by atoms with E-state index < -0.39 is 4.65 Å². The molecule has 2 heterocycles. The predicted molar refractivity (Wildman–Crippen MR) is 43.7 cm³/mol. The summed E-state index contributed by atoms with van der Waals surface area (Å²) in [7, 11) is 0. The quantitative estimate of drug-likeness (QED) is 0.380. The minimum Gasteiger partial charge on any atom is -0.617 e. The average molecular weight is 147 g/mol. The zero-order valence-corrected chi connectivity index (χ0v) is 6.10. The van der Waals surface area contributed by atoms with E-state index in [1.54, 1.807) is 18.5 Å². The van der Waals surface area contributed by atoms with Gasteiger partial charge in [-0.1, -0.05) is 6.08 Å². The van der Waals surface area contributed by atoms with Crippen molar-refractivity contribution in [3.05, 3.63) is 53.7 Å². The van der Waals surface area contributed by atoms with Gasteiger partial charge in [0.1, 0.15) is 18.1 Å². The molecule has 2 aliphatic rings. The molecule has 2 rings (SSSR count). The van der Waals surface area contributed by atoms with Gasteiger partial charge in [-0.25, -0.2) is 0 Å². The minimum atomic E-state index is -0.420. The monoisotopic (exact) mass is 147 g/mol. The molecule has 2 nitrogen and oxygen atoms in total. The number of hydroxylamine groups is 3. The standard InChI is InChI=1S/C9H9NO/c11-10-7-3-1-5-9(10)6-2-4-8-10/h1,3-8H,2H2. The third-order valence-corrected chi connectivity index (χ3v) is 1.88. The Balaban J connectivity index is 2.45. The van der Waals surface area contributed by atoms with Crippen molar-refractivity contribution in [3.63, 3.8) is 0 Å². The van der Waals surface area contributed by atoms with Gasteiger partial charge in [-0.3, -0.25) is 4.65 Å². The number of hydrogen-bond donors (Lipinski definition) is 0.